The second kappa shape index (κ2) is 8.52. The lowest BCUT2D eigenvalue weighted by Gasteiger charge is -2.61. The number of hydrogen-bond acceptors (Lipinski definition) is 3. The van der Waals surface area contributed by atoms with E-state index in [0.29, 0.717) is 28.6 Å². The summed E-state index contributed by atoms with van der Waals surface area (Å²) >= 11 is 0. The van der Waals surface area contributed by atoms with E-state index < -0.39 is 6.29 Å². The van der Waals surface area contributed by atoms with Crippen molar-refractivity contribution in [2.24, 2.45) is 58.2 Å². The molecule has 0 aromatic heterocycles. The first-order valence-corrected chi connectivity index (χ1v) is 14.1. The molecule has 5 aliphatic rings. The van der Waals surface area contributed by atoms with E-state index in [1.165, 1.54) is 44.9 Å². The zero-order chi connectivity index (χ0) is 22.8. The van der Waals surface area contributed by atoms with Gasteiger partial charge in [0.05, 0.1) is 12.2 Å². The van der Waals surface area contributed by atoms with E-state index in [4.69, 9.17) is 4.74 Å². The first-order valence-electron chi connectivity index (χ1n) is 14.1. The molecule has 3 heteroatoms. The van der Waals surface area contributed by atoms with Crippen molar-refractivity contribution in [1.29, 1.82) is 0 Å². The van der Waals surface area contributed by atoms with Crippen LogP contribution in [0.3, 0.4) is 0 Å². The van der Waals surface area contributed by atoms with Crippen molar-refractivity contribution in [3.05, 3.63) is 0 Å². The minimum atomic E-state index is -0.568. The summed E-state index contributed by atoms with van der Waals surface area (Å²) in [6.45, 7) is 12.3. The third-order valence-electron chi connectivity index (χ3n) is 12.2. The van der Waals surface area contributed by atoms with E-state index in [1.807, 2.05) is 0 Å². The lowest BCUT2D eigenvalue weighted by atomic mass is 9.44. The third-order valence-corrected chi connectivity index (χ3v) is 12.2. The molecule has 4 aliphatic carbocycles. The first kappa shape index (κ1) is 23.6. The monoisotopic (exact) mass is 446 g/mol. The average Bonchev–Trinajstić information content (AvgIpc) is 3.10. The minimum absolute atomic E-state index is 0.0456. The predicted molar refractivity (Wildman–Crippen MR) is 129 cm³/mol. The van der Waals surface area contributed by atoms with Gasteiger partial charge < -0.3 is 14.9 Å². The minimum Gasteiger partial charge on any atom is -0.393 e. The Morgan fingerprint density at radius 2 is 1.50 bits per heavy atom. The molecule has 184 valence electrons. The Bertz CT molecular complexity index is 677. The quantitative estimate of drug-likeness (QED) is 0.526. The van der Waals surface area contributed by atoms with Crippen LogP contribution in [0.2, 0.25) is 0 Å². The summed E-state index contributed by atoms with van der Waals surface area (Å²) < 4.78 is 6.20. The van der Waals surface area contributed by atoms with Crippen molar-refractivity contribution in [3.63, 3.8) is 0 Å². The largest absolute Gasteiger partial charge is 0.393 e. The van der Waals surface area contributed by atoms with Gasteiger partial charge in [-0.05, 0) is 122 Å². The molecule has 2 N–H and O–H groups in total. The Morgan fingerprint density at radius 1 is 0.781 bits per heavy atom. The van der Waals surface area contributed by atoms with Gasteiger partial charge in [0.15, 0.2) is 6.29 Å². The Hall–Kier alpha value is -0.120. The molecule has 4 saturated carbocycles. The molecule has 5 rings (SSSR count). The van der Waals surface area contributed by atoms with Crippen LogP contribution in [0.5, 0.6) is 0 Å². The van der Waals surface area contributed by atoms with Gasteiger partial charge in [-0.25, -0.2) is 0 Å². The van der Waals surface area contributed by atoms with Gasteiger partial charge in [0.1, 0.15) is 0 Å². The van der Waals surface area contributed by atoms with E-state index in [1.54, 1.807) is 0 Å². The van der Waals surface area contributed by atoms with Gasteiger partial charge in [0, 0.05) is 6.42 Å². The van der Waals surface area contributed by atoms with Crippen molar-refractivity contribution in [1.82, 2.24) is 0 Å². The number of fused-ring (bicyclic) bond motifs is 5. The van der Waals surface area contributed by atoms with E-state index in [2.05, 4.69) is 34.6 Å². The van der Waals surface area contributed by atoms with Crippen LogP contribution in [-0.2, 0) is 4.74 Å². The van der Waals surface area contributed by atoms with Crippen LogP contribution in [0.15, 0.2) is 0 Å². The summed E-state index contributed by atoms with van der Waals surface area (Å²) in [7, 11) is 0. The van der Waals surface area contributed by atoms with Crippen molar-refractivity contribution in [2.75, 3.05) is 0 Å². The van der Waals surface area contributed by atoms with E-state index in [0.717, 1.165) is 55.3 Å². The second-order valence-corrected chi connectivity index (χ2v) is 13.8. The zero-order valence-electron chi connectivity index (χ0n) is 21.4. The Labute approximate surface area is 197 Å². The average molecular weight is 447 g/mol. The molecule has 0 aromatic rings. The number of hydrogen-bond donors (Lipinski definition) is 2. The summed E-state index contributed by atoms with van der Waals surface area (Å²) in [5.74, 6) is 5.86. The summed E-state index contributed by atoms with van der Waals surface area (Å²) in [6, 6.07) is 0. The van der Waals surface area contributed by atoms with Gasteiger partial charge in [-0.1, -0.05) is 34.6 Å². The fraction of sp³-hybridized carbons (Fsp3) is 1.00. The highest BCUT2D eigenvalue weighted by Gasteiger charge is 2.61. The van der Waals surface area contributed by atoms with Gasteiger partial charge in [-0.3, -0.25) is 0 Å². The number of rotatable bonds is 3. The van der Waals surface area contributed by atoms with Crippen LogP contribution in [0.1, 0.15) is 105 Å². The van der Waals surface area contributed by atoms with E-state index in [-0.39, 0.29) is 12.2 Å². The summed E-state index contributed by atoms with van der Waals surface area (Å²) in [6.07, 6.45) is 13.1. The van der Waals surface area contributed by atoms with Gasteiger partial charge in [-0.2, -0.15) is 0 Å². The van der Waals surface area contributed by atoms with Crippen molar-refractivity contribution in [2.45, 2.75) is 124 Å². The Balaban J connectivity index is 1.33. The Kier molecular flexibility index (Phi) is 6.29. The molecule has 1 aliphatic heterocycles. The number of aliphatic hydroxyl groups is 2. The van der Waals surface area contributed by atoms with Gasteiger partial charge in [0.25, 0.3) is 0 Å². The molecule has 1 heterocycles. The summed E-state index contributed by atoms with van der Waals surface area (Å²) in [4.78, 5) is 0. The zero-order valence-corrected chi connectivity index (χ0v) is 21.4. The smallest absolute Gasteiger partial charge is 0.155 e. The normalized spacial score (nSPS) is 54.6. The highest BCUT2D eigenvalue weighted by atomic mass is 16.6. The Morgan fingerprint density at radius 3 is 2.25 bits per heavy atom. The molecule has 0 bridgehead atoms. The highest BCUT2D eigenvalue weighted by molar-refractivity contribution is 5.10. The molecule has 12 atom stereocenters. The molecule has 5 fully saturated rings. The lowest BCUT2D eigenvalue weighted by Crippen LogP contribution is -2.54. The maximum Gasteiger partial charge on any atom is 0.155 e. The molecule has 32 heavy (non-hydrogen) atoms. The van der Waals surface area contributed by atoms with Gasteiger partial charge in [-0.15, -0.1) is 0 Å². The first-order chi connectivity index (χ1) is 15.1. The fourth-order valence-corrected chi connectivity index (χ4v) is 10.2. The molecule has 1 saturated heterocycles. The van der Waals surface area contributed by atoms with Crippen molar-refractivity contribution >= 4 is 0 Å². The van der Waals surface area contributed by atoms with Crippen LogP contribution >= 0.6 is 0 Å². The standard InChI is InChI=1S/C29H50O3/c1-17(2)19-14-26(32-27(31)15-19)18(3)23-8-9-24-22-7-6-20-16-21(30)10-12-28(20,4)25(22)11-13-29(23,24)5/h17-27,30-31H,6-16H2,1-5H3/t18-,19+,20?,21-,22?,23?,24?,25?,26?,27?,28-,29+/m0/s1. The summed E-state index contributed by atoms with van der Waals surface area (Å²) in [5.41, 5.74) is 0.908. The second-order valence-electron chi connectivity index (χ2n) is 13.8. The van der Waals surface area contributed by atoms with Gasteiger partial charge in [0.2, 0.25) is 0 Å². The van der Waals surface area contributed by atoms with Crippen LogP contribution in [-0.4, -0.2) is 28.7 Å². The van der Waals surface area contributed by atoms with E-state index >= 15 is 0 Å². The maximum absolute atomic E-state index is 10.5. The third kappa shape index (κ3) is 3.72. The molecule has 0 spiro atoms. The SMILES string of the molecule is CC(C)[C@H]1CC(O)OC([C@@H](C)C2CCC3C4CCC5C[C@@H](O)CC[C@]5(C)C4CC[C@@]32C)C1. The predicted octanol–water partition coefficient (Wildman–Crippen LogP) is 6.41. The van der Waals surface area contributed by atoms with Gasteiger partial charge >= 0.3 is 0 Å². The van der Waals surface area contributed by atoms with Crippen molar-refractivity contribution < 1.29 is 14.9 Å². The molecule has 0 amide bonds. The molecule has 3 nitrogen and oxygen atoms in total. The number of aliphatic hydroxyl groups excluding tert-OH is 2. The molecule has 7 unspecified atom stereocenters. The van der Waals surface area contributed by atoms with Crippen LogP contribution in [0, 0.1) is 58.2 Å². The molecular weight excluding hydrogens is 396 g/mol. The summed E-state index contributed by atoms with van der Waals surface area (Å²) in [5, 5.41) is 20.8. The fourth-order valence-electron chi connectivity index (χ4n) is 10.2. The van der Waals surface area contributed by atoms with Crippen LogP contribution < -0.4 is 0 Å². The lowest BCUT2D eigenvalue weighted by molar-refractivity contribution is -0.205. The van der Waals surface area contributed by atoms with Crippen LogP contribution in [0.25, 0.3) is 0 Å². The molecule has 0 radical (unpaired) electrons. The highest BCUT2D eigenvalue weighted by Crippen LogP contribution is 2.68. The maximum atomic E-state index is 10.5. The number of ether oxygens (including phenoxy) is 1. The van der Waals surface area contributed by atoms with E-state index in [9.17, 15) is 10.2 Å². The molecular formula is C29H50O3. The van der Waals surface area contributed by atoms with Crippen molar-refractivity contribution in [3.8, 4) is 0 Å². The topological polar surface area (TPSA) is 49.7 Å². The van der Waals surface area contributed by atoms with Crippen LogP contribution in [0.4, 0.5) is 0 Å². The molecule has 0 aromatic carbocycles.